The minimum absolute atomic E-state index is 0.0476. The average Bonchev–Trinajstić information content (AvgIpc) is 2.85. The molecule has 25 heavy (non-hydrogen) atoms. The lowest BCUT2D eigenvalue weighted by Crippen LogP contribution is -2.44. The second-order valence-corrected chi connectivity index (χ2v) is 6.60. The molecule has 1 unspecified atom stereocenters. The number of nitrogens with zero attached hydrogens (tertiary/aromatic N) is 3. The van der Waals surface area contributed by atoms with Crippen molar-refractivity contribution < 1.29 is 14.4 Å². The zero-order valence-electron chi connectivity index (χ0n) is 16.2. The van der Waals surface area contributed by atoms with Crippen molar-refractivity contribution in [3.8, 4) is 0 Å². The number of hydrogen-bond donors (Lipinski definition) is 1. The van der Waals surface area contributed by atoms with Crippen molar-refractivity contribution in [2.75, 3.05) is 52.4 Å². The minimum atomic E-state index is -0.0721. The van der Waals surface area contributed by atoms with E-state index in [9.17, 15) is 14.4 Å². The molecule has 0 spiro atoms. The number of hydrogen-bond acceptors (Lipinski definition) is 4. The third kappa shape index (κ3) is 7.02. The number of carbonyl (C=O) groups excluding carboxylic acids is 3. The molecule has 1 rings (SSSR count). The van der Waals surface area contributed by atoms with Gasteiger partial charge in [0.05, 0.1) is 13.1 Å². The van der Waals surface area contributed by atoms with E-state index in [1.54, 1.807) is 4.90 Å². The van der Waals surface area contributed by atoms with Gasteiger partial charge in [0.1, 0.15) is 0 Å². The molecule has 1 heterocycles. The van der Waals surface area contributed by atoms with Gasteiger partial charge in [-0.2, -0.15) is 0 Å². The zero-order valence-corrected chi connectivity index (χ0v) is 16.2. The molecule has 0 radical (unpaired) electrons. The van der Waals surface area contributed by atoms with Gasteiger partial charge in [-0.05, 0) is 26.7 Å². The highest BCUT2D eigenvalue weighted by Crippen LogP contribution is 2.05. The maximum absolute atomic E-state index is 12.3. The lowest BCUT2D eigenvalue weighted by Gasteiger charge is -2.25. The highest BCUT2D eigenvalue weighted by Gasteiger charge is 2.22. The van der Waals surface area contributed by atoms with Crippen LogP contribution in [0.3, 0.4) is 0 Å². The van der Waals surface area contributed by atoms with Crippen molar-refractivity contribution in [2.24, 2.45) is 5.92 Å². The molecule has 144 valence electrons. The fourth-order valence-corrected chi connectivity index (χ4v) is 2.88. The van der Waals surface area contributed by atoms with Crippen molar-refractivity contribution in [3.63, 3.8) is 0 Å². The Morgan fingerprint density at radius 2 is 1.72 bits per heavy atom. The van der Waals surface area contributed by atoms with Gasteiger partial charge >= 0.3 is 0 Å². The largest absolute Gasteiger partial charge is 0.347 e. The molecule has 0 aromatic rings. The molecule has 3 amide bonds. The highest BCUT2D eigenvalue weighted by molar-refractivity contribution is 5.85. The molecule has 1 aliphatic rings. The molecule has 7 heteroatoms. The first-order valence-electron chi connectivity index (χ1n) is 9.48. The molecule has 1 atom stereocenters. The summed E-state index contributed by atoms with van der Waals surface area (Å²) in [5.74, 6) is -0.0465. The van der Waals surface area contributed by atoms with E-state index < -0.39 is 0 Å². The third-order valence-electron chi connectivity index (χ3n) is 4.89. The number of carbonyl (C=O) groups is 3. The molecule has 0 aliphatic carbocycles. The molecule has 1 aliphatic heterocycles. The normalized spacial score (nSPS) is 16.9. The molecule has 7 nitrogen and oxygen atoms in total. The van der Waals surface area contributed by atoms with E-state index in [0.717, 1.165) is 32.5 Å². The van der Waals surface area contributed by atoms with Crippen LogP contribution in [0.2, 0.25) is 0 Å². The maximum Gasteiger partial charge on any atom is 0.242 e. The van der Waals surface area contributed by atoms with Gasteiger partial charge in [-0.25, -0.2) is 0 Å². The Morgan fingerprint density at radius 3 is 2.32 bits per heavy atom. The monoisotopic (exact) mass is 354 g/mol. The number of amides is 3. The summed E-state index contributed by atoms with van der Waals surface area (Å²) in [4.78, 5) is 42.1. The predicted molar refractivity (Wildman–Crippen MR) is 98.0 cm³/mol. The average molecular weight is 354 g/mol. The van der Waals surface area contributed by atoms with E-state index in [-0.39, 0.29) is 30.2 Å². The Kier molecular flexibility index (Phi) is 9.49. The van der Waals surface area contributed by atoms with E-state index >= 15 is 0 Å². The Bertz CT molecular complexity index is 452. The molecule has 1 saturated heterocycles. The van der Waals surface area contributed by atoms with E-state index in [4.69, 9.17) is 0 Å². The standard InChI is InChI=1S/C18H34N4O3/c1-5-15(4)18(25)19-13-16(23)22-10-8-9-20(11-12-22)14-17(24)21(6-2)7-3/h15H,5-14H2,1-4H3,(H,19,25). The van der Waals surface area contributed by atoms with E-state index in [1.165, 1.54) is 0 Å². The summed E-state index contributed by atoms with van der Waals surface area (Å²) in [5, 5.41) is 2.72. The molecule has 0 aromatic heterocycles. The summed E-state index contributed by atoms with van der Waals surface area (Å²) in [6.45, 7) is 12.5. The predicted octanol–water partition coefficient (Wildman–Crippen LogP) is 0.551. The van der Waals surface area contributed by atoms with E-state index in [2.05, 4.69) is 10.2 Å². The van der Waals surface area contributed by atoms with Crippen LogP contribution in [0.15, 0.2) is 0 Å². The van der Waals surface area contributed by atoms with Crippen molar-refractivity contribution >= 4 is 17.7 Å². The van der Waals surface area contributed by atoms with Gasteiger partial charge in [-0.1, -0.05) is 13.8 Å². The third-order valence-corrected chi connectivity index (χ3v) is 4.89. The van der Waals surface area contributed by atoms with Crippen molar-refractivity contribution in [2.45, 2.75) is 40.5 Å². The Morgan fingerprint density at radius 1 is 1.04 bits per heavy atom. The van der Waals surface area contributed by atoms with Gasteiger partial charge in [-0.3, -0.25) is 19.3 Å². The summed E-state index contributed by atoms with van der Waals surface area (Å²) in [5.41, 5.74) is 0. The molecule has 1 fully saturated rings. The van der Waals surface area contributed by atoms with Gasteiger partial charge in [-0.15, -0.1) is 0 Å². The molecular weight excluding hydrogens is 320 g/mol. The topological polar surface area (TPSA) is 73.0 Å². The van der Waals surface area contributed by atoms with Crippen molar-refractivity contribution in [3.05, 3.63) is 0 Å². The number of likely N-dealkylation sites (N-methyl/N-ethyl adjacent to an activating group) is 1. The summed E-state index contributed by atoms with van der Waals surface area (Å²) < 4.78 is 0. The zero-order chi connectivity index (χ0) is 18.8. The Hall–Kier alpha value is -1.63. The van der Waals surface area contributed by atoms with Crippen LogP contribution in [0.1, 0.15) is 40.5 Å². The van der Waals surface area contributed by atoms with Crippen LogP contribution in [0.25, 0.3) is 0 Å². The van der Waals surface area contributed by atoms with Crippen LogP contribution >= 0.6 is 0 Å². The summed E-state index contributed by atoms with van der Waals surface area (Å²) in [6, 6.07) is 0. The van der Waals surface area contributed by atoms with E-state index in [1.807, 2.05) is 32.6 Å². The number of rotatable bonds is 8. The fraction of sp³-hybridized carbons (Fsp3) is 0.833. The van der Waals surface area contributed by atoms with E-state index in [0.29, 0.717) is 26.2 Å². The second kappa shape index (κ2) is 11.1. The van der Waals surface area contributed by atoms with Gasteiger partial charge in [0.2, 0.25) is 17.7 Å². The Balaban J connectivity index is 2.43. The molecule has 0 aromatic carbocycles. The molecule has 0 bridgehead atoms. The highest BCUT2D eigenvalue weighted by atomic mass is 16.2. The first-order valence-corrected chi connectivity index (χ1v) is 9.48. The van der Waals surface area contributed by atoms with Crippen LogP contribution < -0.4 is 5.32 Å². The van der Waals surface area contributed by atoms with Gasteiger partial charge in [0, 0.05) is 45.2 Å². The molecular formula is C18H34N4O3. The van der Waals surface area contributed by atoms with Crippen molar-refractivity contribution in [1.82, 2.24) is 20.0 Å². The number of nitrogens with one attached hydrogen (secondary N) is 1. The van der Waals surface area contributed by atoms with Gasteiger partial charge < -0.3 is 15.1 Å². The van der Waals surface area contributed by atoms with Crippen molar-refractivity contribution in [1.29, 1.82) is 0 Å². The maximum atomic E-state index is 12.3. The van der Waals surface area contributed by atoms with Crippen LogP contribution in [0.5, 0.6) is 0 Å². The smallest absolute Gasteiger partial charge is 0.242 e. The first kappa shape index (κ1) is 21.4. The molecule has 0 saturated carbocycles. The lowest BCUT2D eigenvalue weighted by molar-refractivity contribution is -0.133. The van der Waals surface area contributed by atoms with Crippen LogP contribution in [-0.4, -0.2) is 84.8 Å². The van der Waals surface area contributed by atoms with Crippen LogP contribution in [-0.2, 0) is 14.4 Å². The summed E-state index contributed by atoms with van der Waals surface area (Å²) in [6.07, 6.45) is 1.61. The minimum Gasteiger partial charge on any atom is -0.347 e. The van der Waals surface area contributed by atoms with Crippen LogP contribution in [0.4, 0.5) is 0 Å². The molecule has 1 N–H and O–H groups in total. The SMILES string of the molecule is CCC(C)C(=O)NCC(=O)N1CCCN(CC(=O)N(CC)CC)CC1. The summed E-state index contributed by atoms with van der Waals surface area (Å²) >= 11 is 0. The first-order chi connectivity index (χ1) is 11.9. The second-order valence-electron chi connectivity index (χ2n) is 6.60. The fourth-order valence-electron chi connectivity index (χ4n) is 2.88. The Labute approximate surface area is 151 Å². The van der Waals surface area contributed by atoms with Gasteiger partial charge in [0.15, 0.2) is 0 Å². The lowest BCUT2D eigenvalue weighted by atomic mass is 10.1. The quantitative estimate of drug-likeness (QED) is 0.691. The summed E-state index contributed by atoms with van der Waals surface area (Å²) in [7, 11) is 0. The van der Waals surface area contributed by atoms with Crippen LogP contribution in [0, 0.1) is 5.92 Å². The van der Waals surface area contributed by atoms with Gasteiger partial charge in [0.25, 0.3) is 0 Å².